The van der Waals surface area contributed by atoms with E-state index in [4.69, 9.17) is 0 Å². The zero-order valence-electron chi connectivity index (χ0n) is 13.7. The number of amides is 1. The van der Waals surface area contributed by atoms with Crippen molar-refractivity contribution in [3.8, 4) is 0 Å². The third-order valence-corrected chi connectivity index (χ3v) is 8.07. The van der Waals surface area contributed by atoms with Crippen LogP contribution in [-0.2, 0) is 14.6 Å². The van der Waals surface area contributed by atoms with E-state index in [1.807, 2.05) is 0 Å². The highest BCUT2D eigenvalue weighted by Gasteiger charge is 2.59. The summed E-state index contributed by atoms with van der Waals surface area (Å²) in [7, 11) is -3.21. The molecule has 4 aliphatic carbocycles. The minimum Gasteiger partial charge on any atom is -0.326 e. The number of benzene rings is 1. The zero-order valence-corrected chi connectivity index (χ0v) is 16.1. The molecule has 4 fully saturated rings. The van der Waals surface area contributed by atoms with Gasteiger partial charge in [-0.2, -0.15) is 0 Å². The van der Waals surface area contributed by atoms with Crippen LogP contribution in [0.1, 0.15) is 38.5 Å². The third kappa shape index (κ3) is 2.81. The average molecular weight is 412 g/mol. The topological polar surface area (TPSA) is 63.2 Å². The van der Waals surface area contributed by atoms with Gasteiger partial charge in [0.05, 0.1) is 10.3 Å². The highest BCUT2D eigenvalue weighted by molar-refractivity contribution is 9.10. The van der Waals surface area contributed by atoms with E-state index in [1.54, 1.807) is 24.3 Å². The van der Waals surface area contributed by atoms with Crippen LogP contribution in [-0.4, -0.2) is 24.9 Å². The van der Waals surface area contributed by atoms with Crippen molar-refractivity contribution in [1.82, 2.24) is 0 Å². The third-order valence-electron chi connectivity index (χ3n) is 6.01. The molecule has 2 atom stereocenters. The number of rotatable bonds is 3. The molecular weight excluding hydrogens is 390 g/mol. The summed E-state index contributed by atoms with van der Waals surface area (Å²) in [6, 6.07) is 6.46. The van der Waals surface area contributed by atoms with E-state index in [2.05, 4.69) is 21.2 Å². The fourth-order valence-electron chi connectivity index (χ4n) is 5.47. The predicted molar refractivity (Wildman–Crippen MR) is 97.0 cm³/mol. The lowest BCUT2D eigenvalue weighted by atomic mass is 9.49. The molecule has 4 aliphatic rings. The van der Waals surface area contributed by atoms with Crippen LogP contribution in [0, 0.1) is 17.3 Å². The van der Waals surface area contributed by atoms with Crippen molar-refractivity contribution in [2.75, 3.05) is 11.6 Å². The Morgan fingerprint density at radius 3 is 2.21 bits per heavy atom. The molecule has 1 aromatic rings. The predicted octanol–water partition coefficient (Wildman–Crippen LogP) is 3.76. The summed E-state index contributed by atoms with van der Waals surface area (Å²) in [6.07, 6.45) is 7.74. The zero-order chi connectivity index (χ0) is 17.2. The van der Waals surface area contributed by atoms with E-state index in [1.165, 1.54) is 25.5 Å². The summed E-state index contributed by atoms with van der Waals surface area (Å²) in [5.74, 6) is 1.42. The largest absolute Gasteiger partial charge is 0.326 e. The first kappa shape index (κ1) is 16.6. The normalized spacial score (nSPS) is 37.4. The second kappa shape index (κ2) is 5.31. The fourth-order valence-corrected chi connectivity index (χ4v) is 7.55. The molecule has 1 amide bonds. The van der Waals surface area contributed by atoms with Gasteiger partial charge in [-0.3, -0.25) is 4.79 Å². The molecular formula is C18H22BrNO3S. The smallest absolute Gasteiger partial charge is 0.230 e. The Morgan fingerprint density at radius 1 is 1.12 bits per heavy atom. The summed E-state index contributed by atoms with van der Waals surface area (Å²) in [5, 5.41) is 3.04. The first-order valence-corrected chi connectivity index (χ1v) is 11.2. The number of halogens is 1. The minimum absolute atomic E-state index is 0.104. The molecule has 1 N–H and O–H groups in total. The van der Waals surface area contributed by atoms with E-state index >= 15 is 0 Å². The fraction of sp³-hybridized carbons (Fsp3) is 0.611. The van der Waals surface area contributed by atoms with Crippen LogP contribution in [0.25, 0.3) is 0 Å². The van der Waals surface area contributed by atoms with Crippen LogP contribution in [0.2, 0.25) is 0 Å². The molecule has 0 heterocycles. The molecule has 0 radical (unpaired) electrons. The van der Waals surface area contributed by atoms with Gasteiger partial charge in [-0.1, -0.05) is 15.9 Å². The Labute approximate surface area is 151 Å². The molecule has 24 heavy (non-hydrogen) atoms. The molecule has 0 spiro atoms. The summed E-state index contributed by atoms with van der Waals surface area (Å²) in [6.45, 7) is 0. The molecule has 5 rings (SSSR count). The highest BCUT2D eigenvalue weighted by atomic mass is 79.9. The Kier molecular flexibility index (Phi) is 3.67. The van der Waals surface area contributed by atoms with Crippen LogP contribution in [0.5, 0.6) is 0 Å². The van der Waals surface area contributed by atoms with Gasteiger partial charge in [0.2, 0.25) is 5.91 Å². The average Bonchev–Trinajstić information content (AvgIpc) is 2.44. The van der Waals surface area contributed by atoms with Crippen molar-refractivity contribution in [3.05, 3.63) is 24.3 Å². The van der Waals surface area contributed by atoms with E-state index in [0.29, 0.717) is 17.5 Å². The molecule has 6 heteroatoms. The monoisotopic (exact) mass is 411 g/mol. The summed E-state index contributed by atoms with van der Waals surface area (Å²) in [5.41, 5.74) is 0.412. The van der Waals surface area contributed by atoms with Gasteiger partial charge in [0.15, 0.2) is 9.84 Å². The number of anilines is 1. The van der Waals surface area contributed by atoms with Crippen LogP contribution in [0.15, 0.2) is 29.2 Å². The second-order valence-corrected chi connectivity index (χ2v) is 11.8. The maximum absolute atomic E-state index is 13.0. The molecule has 130 valence electrons. The van der Waals surface area contributed by atoms with Crippen molar-refractivity contribution >= 4 is 37.4 Å². The molecule has 0 aliphatic heterocycles. The van der Waals surface area contributed by atoms with Gasteiger partial charge in [-0.25, -0.2) is 8.42 Å². The van der Waals surface area contributed by atoms with Crippen molar-refractivity contribution in [1.29, 1.82) is 0 Å². The first-order valence-electron chi connectivity index (χ1n) is 8.48. The molecule has 4 saturated carbocycles. The van der Waals surface area contributed by atoms with E-state index in [-0.39, 0.29) is 20.5 Å². The SMILES string of the molecule is CS(=O)(=O)c1ccc(NC(=O)C23CC4CC(CC(Br)(C4)C2)C3)cc1. The van der Waals surface area contributed by atoms with Gasteiger partial charge < -0.3 is 5.32 Å². The Balaban J connectivity index is 1.54. The summed E-state index contributed by atoms with van der Waals surface area (Å²) < 4.78 is 23.2. The van der Waals surface area contributed by atoms with Crippen molar-refractivity contribution in [3.63, 3.8) is 0 Å². The van der Waals surface area contributed by atoms with E-state index < -0.39 is 9.84 Å². The number of carbonyl (C=O) groups is 1. The molecule has 4 nitrogen and oxygen atoms in total. The number of carbonyl (C=O) groups excluding carboxylic acids is 1. The van der Waals surface area contributed by atoms with Crippen LogP contribution in [0.3, 0.4) is 0 Å². The van der Waals surface area contributed by atoms with Crippen molar-refractivity contribution in [2.45, 2.75) is 47.7 Å². The van der Waals surface area contributed by atoms with Crippen LogP contribution < -0.4 is 5.32 Å². The Bertz CT molecular complexity index is 773. The van der Waals surface area contributed by atoms with E-state index in [9.17, 15) is 13.2 Å². The standard InChI is InChI=1S/C18H22BrNO3S/c1-24(22,23)15-4-2-14(3-5-15)20-16(21)17-7-12-6-13(8-17)10-18(19,9-12)11-17/h2-5,12-13H,6-11H2,1H3,(H,20,21). The molecule has 0 saturated heterocycles. The van der Waals surface area contributed by atoms with Gasteiger partial charge in [0.25, 0.3) is 0 Å². The van der Waals surface area contributed by atoms with Crippen LogP contribution >= 0.6 is 15.9 Å². The Morgan fingerprint density at radius 2 is 1.71 bits per heavy atom. The lowest BCUT2D eigenvalue weighted by molar-refractivity contribution is -0.138. The highest BCUT2D eigenvalue weighted by Crippen LogP contribution is 2.64. The van der Waals surface area contributed by atoms with Gasteiger partial charge >= 0.3 is 0 Å². The molecule has 0 aromatic heterocycles. The van der Waals surface area contributed by atoms with E-state index in [0.717, 1.165) is 19.3 Å². The molecule has 2 unspecified atom stereocenters. The lowest BCUT2D eigenvalue weighted by Gasteiger charge is -2.59. The quantitative estimate of drug-likeness (QED) is 0.769. The Hall–Kier alpha value is -0.880. The number of hydrogen-bond donors (Lipinski definition) is 1. The number of alkyl halides is 1. The van der Waals surface area contributed by atoms with Gasteiger partial charge in [-0.15, -0.1) is 0 Å². The van der Waals surface area contributed by atoms with Gasteiger partial charge in [-0.05, 0) is 74.6 Å². The number of hydrogen-bond acceptors (Lipinski definition) is 3. The second-order valence-electron chi connectivity index (χ2n) is 8.14. The van der Waals surface area contributed by atoms with Crippen molar-refractivity contribution in [2.24, 2.45) is 17.3 Å². The molecule has 1 aromatic carbocycles. The first-order chi connectivity index (χ1) is 11.2. The molecule has 4 bridgehead atoms. The summed E-state index contributed by atoms with van der Waals surface area (Å²) in [4.78, 5) is 13.3. The minimum atomic E-state index is -3.21. The maximum atomic E-state index is 13.0. The number of nitrogens with one attached hydrogen (secondary N) is 1. The maximum Gasteiger partial charge on any atom is 0.230 e. The van der Waals surface area contributed by atoms with Crippen molar-refractivity contribution < 1.29 is 13.2 Å². The van der Waals surface area contributed by atoms with Gasteiger partial charge in [0, 0.05) is 16.3 Å². The number of sulfone groups is 1. The summed E-state index contributed by atoms with van der Waals surface area (Å²) >= 11 is 3.93. The van der Waals surface area contributed by atoms with Crippen LogP contribution in [0.4, 0.5) is 5.69 Å². The van der Waals surface area contributed by atoms with Gasteiger partial charge in [0.1, 0.15) is 0 Å². The lowest BCUT2D eigenvalue weighted by Crippen LogP contribution is -2.57.